The first-order valence-electron chi connectivity index (χ1n) is 13.5. The van der Waals surface area contributed by atoms with Crippen molar-refractivity contribution in [2.75, 3.05) is 31.5 Å². The molecule has 0 aromatic carbocycles. The Hall–Kier alpha value is -3.04. The monoisotopic (exact) mass is 514 g/mol. The highest BCUT2D eigenvalue weighted by Gasteiger charge is 2.33. The fraction of sp³-hybridized carbons (Fsp3) is 0.704. The summed E-state index contributed by atoms with van der Waals surface area (Å²) in [6.07, 6.45) is 4.19. The minimum absolute atomic E-state index is 0.195. The number of aryl methyl sites for hydroxylation is 2. The third-order valence-corrected chi connectivity index (χ3v) is 6.88. The van der Waals surface area contributed by atoms with E-state index in [9.17, 15) is 9.59 Å². The molecule has 10 nitrogen and oxygen atoms in total. The second-order valence-corrected chi connectivity index (χ2v) is 11.5. The summed E-state index contributed by atoms with van der Waals surface area (Å²) in [5.41, 5.74) is 3.61. The van der Waals surface area contributed by atoms with Crippen LogP contribution in [0.25, 0.3) is 5.65 Å². The maximum absolute atomic E-state index is 12.8. The Labute approximate surface area is 219 Å². The van der Waals surface area contributed by atoms with Gasteiger partial charge in [-0.3, -0.25) is 4.40 Å². The Bertz CT molecular complexity index is 1130. The molecule has 0 radical (unpaired) electrons. The van der Waals surface area contributed by atoms with Gasteiger partial charge in [-0.05, 0) is 52.9 Å². The number of nitrogens with one attached hydrogen (secondary N) is 1. The lowest BCUT2D eigenvalue weighted by atomic mass is 10.1. The van der Waals surface area contributed by atoms with Crippen molar-refractivity contribution in [1.29, 1.82) is 0 Å². The quantitative estimate of drug-likeness (QED) is 0.615. The number of amides is 2. The van der Waals surface area contributed by atoms with E-state index in [-0.39, 0.29) is 24.3 Å². The lowest BCUT2D eigenvalue weighted by Crippen LogP contribution is -2.44. The first kappa shape index (κ1) is 27.0. The maximum Gasteiger partial charge on any atom is 0.410 e. The molecule has 4 heterocycles. The Morgan fingerprint density at radius 2 is 1.76 bits per heavy atom. The van der Waals surface area contributed by atoms with Gasteiger partial charge >= 0.3 is 12.2 Å². The van der Waals surface area contributed by atoms with Crippen molar-refractivity contribution >= 4 is 23.7 Å². The predicted octanol–water partition coefficient (Wildman–Crippen LogP) is 4.75. The van der Waals surface area contributed by atoms with Gasteiger partial charge < -0.3 is 24.6 Å². The molecule has 10 heteroatoms. The van der Waals surface area contributed by atoms with Gasteiger partial charge in [0, 0.05) is 44.0 Å². The second-order valence-electron chi connectivity index (χ2n) is 11.5. The topological polar surface area (TPSA) is 101 Å². The van der Waals surface area contributed by atoms with Crippen molar-refractivity contribution in [3.05, 3.63) is 23.3 Å². The Morgan fingerprint density at radius 3 is 2.38 bits per heavy atom. The zero-order valence-corrected chi connectivity index (χ0v) is 23.3. The summed E-state index contributed by atoms with van der Waals surface area (Å²) < 4.78 is 13.3. The average Bonchev–Trinajstić information content (AvgIpc) is 3.43. The molecule has 2 amide bonds. The fourth-order valence-corrected chi connectivity index (χ4v) is 5.13. The number of aromatic nitrogens is 3. The highest BCUT2D eigenvalue weighted by molar-refractivity contribution is 5.70. The number of imidazole rings is 1. The smallest absolute Gasteiger partial charge is 0.410 e. The lowest BCUT2D eigenvalue weighted by molar-refractivity contribution is 0.0235. The van der Waals surface area contributed by atoms with E-state index in [2.05, 4.69) is 36.7 Å². The molecule has 0 unspecified atom stereocenters. The fourth-order valence-electron chi connectivity index (χ4n) is 5.13. The van der Waals surface area contributed by atoms with Crippen LogP contribution >= 0.6 is 0 Å². The van der Waals surface area contributed by atoms with Crippen LogP contribution in [0.15, 0.2) is 6.20 Å². The van der Waals surface area contributed by atoms with Crippen LogP contribution in [-0.2, 0) is 15.9 Å². The number of hydrogen-bond donors (Lipinski definition) is 1. The van der Waals surface area contributed by atoms with E-state index in [1.165, 1.54) is 5.69 Å². The third-order valence-electron chi connectivity index (χ3n) is 6.88. The molecule has 1 atom stereocenters. The summed E-state index contributed by atoms with van der Waals surface area (Å²) >= 11 is 0. The highest BCUT2D eigenvalue weighted by atomic mass is 16.6. The number of anilines is 1. The van der Waals surface area contributed by atoms with Crippen molar-refractivity contribution in [3.8, 4) is 0 Å². The van der Waals surface area contributed by atoms with Gasteiger partial charge in [0.1, 0.15) is 11.7 Å². The molecule has 204 valence electrons. The summed E-state index contributed by atoms with van der Waals surface area (Å²) in [5, 5.41) is 3.61. The molecule has 37 heavy (non-hydrogen) atoms. The van der Waals surface area contributed by atoms with E-state index >= 15 is 0 Å². The molecule has 2 saturated heterocycles. The Morgan fingerprint density at radius 1 is 1.08 bits per heavy atom. The second kappa shape index (κ2) is 10.8. The zero-order chi connectivity index (χ0) is 26.9. The maximum atomic E-state index is 12.8. The summed E-state index contributed by atoms with van der Waals surface area (Å²) in [6.45, 7) is 16.2. The minimum Gasteiger partial charge on any atom is -0.444 e. The van der Waals surface area contributed by atoms with Crippen LogP contribution in [0.4, 0.5) is 15.4 Å². The lowest BCUT2D eigenvalue weighted by Gasteiger charge is -2.32. The van der Waals surface area contributed by atoms with E-state index in [1.807, 2.05) is 27.7 Å². The number of piperidine rings is 1. The molecule has 4 rings (SSSR count). The van der Waals surface area contributed by atoms with Gasteiger partial charge in [0.25, 0.3) is 0 Å². The van der Waals surface area contributed by atoms with E-state index in [1.54, 1.807) is 9.80 Å². The molecule has 0 bridgehead atoms. The molecular weight excluding hydrogens is 472 g/mol. The van der Waals surface area contributed by atoms with Gasteiger partial charge in [0.2, 0.25) is 0 Å². The Balaban J connectivity index is 1.32. The highest BCUT2D eigenvalue weighted by Crippen LogP contribution is 2.27. The molecule has 2 aromatic heterocycles. The van der Waals surface area contributed by atoms with E-state index in [0.29, 0.717) is 38.5 Å². The molecule has 2 aliphatic rings. The van der Waals surface area contributed by atoms with Crippen molar-refractivity contribution in [1.82, 2.24) is 24.2 Å². The minimum atomic E-state index is -0.545. The number of carbonyl (C=O) groups excluding carboxylic acids is 2. The van der Waals surface area contributed by atoms with E-state index < -0.39 is 5.60 Å². The van der Waals surface area contributed by atoms with Crippen LogP contribution < -0.4 is 5.32 Å². The molecule has 0 spiro atoms. The van der Waals surface area contributed by atoms with Gasteiger partial charge in [-0.2, -0.15) is 0 Å². The van der Waals surface area contributed by atoms with Crippen molar-refractivity contribution in [2.24, 2.45) is 0 Å². The average molecular weight is 515 g/mol. The van der Waals surface area contributed by atoms with Gasteiger partial charge in [-0.1, -0.05) is 20.8 Å². The number of ether oxygens (including phenoxy) is 2. The standard InChI is InChI=1S/C27H42N6O4/c1-8-21-22(17(2)3)33-15-18(4)28-23(24(33)30-21)29-19-9-12-31(13-10-19)25(34)36-20-11-14-32(16-20)26(35)37-27(5,6)7/h15,17,19-20H,8-14,16H2,1-7H3,(H,28,29)/t20-/m0/s1. The predicted molar refractivity (Wildman–Crippen MR) is 142 cm³/mol. The SMILES string of the molecule is CCc1nc2c(NC3CCN(C(=O)O[C@H]4CCN(C(=O)OC(C)(C)C)C4)CC3)nc(C)cn2c1C(C)C. The summed E-state index contributed by atoms with van der Waals surface area (Å²) in [4.78, 5) is 38.1. The zero-order valence-electron chi connectivity index (χ0n) is 23.3. The van der Waals surface area contributed by atoms with Gasteiger partial charge in [-0.25, -0.2) is 19.6 Å². The van der Waals surface area contributed by atoms with Crippen LogP contribution in [0.2, 0.25) is 0 Å². The van der Waals surface area contributed by atoms with Crippen LogP contribution in [-0.4, -0.2) is 80.3 Å². The van der Waals surface area contributed by atoms with Gasteiger partial charge in [0.15, 0.2) is 11.5 Å². The number of nitrogens with zero attached hydrogens (tertiary/aromatic N) is 5. The first-order valence-corrected chi connectivity index (χ1v) is 13.5. The van der Waals surface area contributed by atoms with Crippen LogP contribution in [0, 0.1) is 6.92 Å². The van der Waals surface area contributed by atoms with Crippen LogP contribution in [0.1, 0.15) is 83.8 Å². The van der Waals surface area contributed by atoms with Gasteiger partial charge in [0.05, 0.1) is 17.9 Å². The molecule has 2 aromatic rings. The molecular formula is C27H42N6O4. The number of rotatable bonds is 5. The molecule has 2 aliphatic heterocycles. The van der Waals surface area contributed by atoms with Gasteiger partial charge in [-0.15, -0.1) is 0 Å². The number of hydrogen-bond acceptors (Lipinski definition) is 7. The van der Waals surface area contributed by atoms with Crippen LogP contribution in [0.3, 0.4) is 0 Å². The van der Waals surface area contributed by atoms with Crippen LogP contribution in [0.5, 0.6) is 0 Å². The molecule has 2 fully saturated rings. The normalized spacial score (nSPS) is 19.1. The molecule has 1 N–H and O–H groups in total. The third kappa shape index (κ3) is 6.27. The largest absolute Gasteiger partial charge is 0.444 e. The summed E-state index contributed by atoms with van der Waals surface area (Å²) in [5.74, 6) is 1.17. The van der Waals surface area contributed by atoms with Crippen molar-refractivity contribution in [3.63, 3.8) is 0 Å². The number of carbonyl (C=O) groups is 2. The number of likely N-dealkylation sites (tertiary alicyclic amines) is 2. The number of fused-ring (bicyclic) bond motifs is 1. The first-order chi connectivity index (χ1) is 17.4. The van der Waals surface area contributed by atoms with Crippen molar-refractivity contribution in [2.45, 2.75) is 97.8 Å². The summed E-state index contributed by atoms with van der Waals surface area (Å²) in [6, 6.07) is 0.195. The Kier molecular flexibility index (Phi) is 7.85. The van der Waals surface area contributed by atoms with Crippen molar-refractivity contribution < 1.29 is 19.1 Å². The summed E-state index contributed by atoms with van der Waals surface area (Å²) in [7, 11) is 0. The molecule has 0 saturated carbocycles. The van der Waals surface area contributed by atoms with E-state index in [0.717, 1.165) is 42.1 Å². The van der Waals surface area contributed by atoms with E-state index in [4.69, 9.17) is 19.4 Å². The molecule has 0 aliphatic carbocycles.